The lowest BCUT2D eigenvalue weighted by molar-refractivity contribution is -0.121. The molecular weight excluding hydrogens is 432 g/mol. The Balaban J connectivity index is 1.21. The van der Waals surface area contributed by atoms with E-state index in [0.29, 0.717) is 17.9 Å². The number of hydrogen-bond donors (Lipinski definition) is 0. The van der Waals surface area contributed by atoms with Crippen LogP contribution in [0.3, 0.4) is 0 Å². The topological polar surface area (TPSA) is 86.0 Å². The van der Waals surface area contributed by atoms with E-state index in [-0.39, 0.29) is 17.9 Å². The van der Waals surface area contributed by atoms with Gasteiger partial charge in [-0.05, 0) is 69.4 Å². The SMILES string of the molecule is CN(C)C(=O)N1CCC(N2CCC(c3nc(N4C(=O)C(C)(C)c5ccccc54)no3)CC2)CC1. The Morgan fingerprint density at radius 1 is 1.06 bits per heavy atom. The van der Waals surface area contributed by atoms with Crippen LogP contribution in [0, 0.1) is 0 Å². The summed E-state index contributed by atoms with van der Waals surface area (Å²) in [6.07, 6.45) is 3.94. The fourth-order valence-corrected chi connectivity index (χ4v) is 5.60. The van der Waals surface area contributed by atoms with Gasteiger partial charge in [-0.1, -0.05) is 18.2 Å². The zero-order valence-electron chi connectivity index (χ0n) is 20.5. The second kappa shape index (κ2) is 8.69. The number of aromatic nitrogens is 2. The van der Waals surface area contributed by atoms with Crippen LogP contribution in [-0.2, 0) is 10.2 Å². The van der Waals surface area contributed by atoms with Crippen LogP contribution in [-0.4, -0.2) is 83.1 Å². The van der Waals surface area contributed by atoms with E-state index in [9.17, 15) is 9.59 Å². The molecule has 2 saturated heterocycles. The summed E-state index contributed by atoms with van der Waals surface area (Å²) in [5.74, 6) is 1.12. The number of para-hydroxylation sites is 1. The van der Waals surface area contributed by atoms with Crippen molar-refractivity contribution in [1.29, 1.82) is 0 Å². The van der Waals surface area contributed by atoms with Crippen LogP contribution in [0.1, 0.15) is 56.9 Å². The van der Waals surface area contributed by atoms with Gasteiger partial charge in [0, 0.05) is 39.1 Å². The zero-order chi connectivity index (χ0) is 24.0. The molecule has 2 aromatic rings. The van der Waals surface area contributed by atoms with Crippen LogP contribution in [0.25, 0.3) is 0 Å². The number of nitrogens with zero attached hydrogens (tertiary/aromatic N) is 6. The minimum atomic E-state index is -0.616. The number of urea groups is 1. The monoisotopic (exact) mass is 466 g/mol. The standard InChI is InChI=1S/C25H34N6O3/c1-25(2)19-7-5-6-8-20(19)31(22(25)32)23-26-21(34-27-23)17-9-13-29(14-10-17)18-11-15-30(16-12-18)24(33)28(3)4/h5-8,17-18H,9-16H2,1-4H3. The second-order valence-electron chi connectivity index (χ2n) is 10.4. The maximum atomic E-state index is 13.2. The molecule has 5 rings (SSSR count). The van der Waals surface area contributed by atoms with Crippen molar-refractivity contribution in [2.45, 2.75) is 56.9 Å². The number of hydrogen-bond acceptors (Lipinski definition) is 6. The van der Waals surface area contributed by atoms with Gasteiger partial charge in [0.15, 0.2) is 0 Å². The van der Waals surface area contributed by atoms with Crippen molar-refractivity contribution in [2.75, 3.05) is 45.2 Å². The molecule has 1 aromatic carbocycles. The Kier molecular flexibility index (Phi) is 5.83. The van der Waals surface area contributed by atoms with Crippen LogP contribution in [0.15, 0.2) is 28.8 Å². The third kappa shape index (κ3) is 3.85. The highest BCUT2D eigenvalue weighted by Gasteiger charge is 2.46. The van der Waals surface area contributed by atoms with Crippen molar-refractivity contribution in [3.05, 3.63) is 35.7 Å². The minimum absolute atomic E-state index is 0.0324. The van der Waals surface area contributed by atoms with E-state index in [1.54, 1.807) is 23.9 Å². The summed E-state index contributed by atoms with van der Waals surface area (Å²) in [5, 5.41) is 4.20. The Hall–Kier alpha value is -2.94. The van der Waals surface area contributed by atoms with Gasteiger partial charge >= 0.3 is 6.03 Å². The molecule has 0 atom stereocenters. The quantitative estimate of drug-likeness (QED) is 0.690. The first-order valence-electron chi connectivity index (χ1n) is 12.3. The molecule has 0 aliphatic carbocycles. The summed E-state index contributed by atoms with van der Waals surface area (Å²) in [4.78, 5) is 37.8. The van der Waals surface area contributed by atoms with Gasteiger partial charge in [-0.15, -0.1) is 0 Å². The van der Waals surface area contributed by atoms with Gasteiger partial charge in [-0.2, -0.15) is 4.98 Å². The van der Waals surface area contributed by atoms with E-state index in [1.807, 2.05) is 43.0 Å². The number of likely N-dealkylation sites (tertiary alicyclic amines) is 2. The molecule has 2 fully saturated rings. The Labute approximate surface area is 200 Å². The molecule has 9 heteroatoms. The summed E-state index contributed by atoms with van der Waals surface area (Å²) < 4.78 is 5.67. The van der Waals surface area contributed by atoms with Crippen molar-refractivity contribution in [3.63, 3.8) is 0 Å². The van der Waals surface area contributed by atoms with Crippen LogP contribution in [0.5, 0.6) is 0 Å². The average Bonchev–Trinajstić information content (AvgIpc) is 3.40. The Morgan fingerprint density at radius 3 is 2.41 bits per heavy atom. The third-order valence-corrected chi connectivity index (χ3v) is 7.70. The van der Waals surface area contributed by atoms with Gasteiger partial charge in [0.25, 0.3) is 5.95 Å². The molecule has 4 heterocycles. The number of rotatable bonds is 3. The van der Waals surface area contributed by atoms with Gasteiger partial charge < -0.3 is 19.2 Å². The van der Waals surface area contributed by atoms with Gasteiger partial charge in [-0.3, -0.25) is 4.79 Å². The first-order chi connectivity index (χ1) is 16.3. The lowest BCUT2D eigenvalue weighted by Gasteiger charge is -2.41. The van der Waals surface area contributed by atoms with Gasteiger partial charge in [0.2, 0.25) is 11.8 Å². The summed E-state index contributed by atoms with van der Waals surface area (Å²) >= 11 is 0. The van der Waals surface area contributed by atoms with Crippen LogP contribution < -0.4 is 4.90 Å². The highest BCUT2D eigenvalue weighted by atomic mass is 16.5. The zero-order valence-corrected chi connectivity index (χ0v) is 20.5. The Morgan fingerprint density at radius 2 is 1.74 bits per heavy atom. The lowest BCUT2D eigenvalue weighted by atomic mass is 9.86. The number of benzene rings is 1. The van der Waals surface area contributed by atoms with Crippen molar-refractivity contribution in [1.82, 2.24) is 24.8 Å². The smallest absolute Gasteiger partial charge is 0.319 e. The molecular formula is C25H34N6O3. The number of carbonyl (C=O) groups is 2. The number of anilines is 2. The first-order valence-corrected chi connectivity index (χ1v) is 12.3. The fourth-order valence-electron chi connectivity index (χ4n) is 5.60. The molecule has 0 bridgehead atoms. The number of amides is 3. The molecule has 0 unspecified atom stereocenters. The van der Waals surface area contributed by atoms with Gasteiger partial charge in [0.05, 0.1) is 11.1 Å². The molecule has 3 amide bonds. The van der Waals surface area contributed by atoms with E-state index >= 15 is 0 Å². The lowest BCUT2D eigenvalue weighted by Crippen LogP contribution is -2.50. The van der Waals surface area contributed by atoms with Gasteiger partial charge in [0.1, 0.15) is 0 Å². The number of fused-ring (bicyclic) bond motifs is 1. The average molecular weight is 467 g/mol. The maximum absolute atomic E-state index is 13.2. The van der Waals surface area contributed by atoms with Crippen LogP contribution in [0.4, 0.5) is 16.4 Å². The molecule has 34 heavy (non-hydrogen) atoms. The predicted octanol–water partition coefficient (Wildman–Crippen LogP) is 3.35. The van der Waals surface area contributed by atoms with Crippen molar-refractivity contribution < 1.29 is 14.1 Å². The van der Waals surface area contributed by atoms with Crippen molar-refractivity contribution >= 4 is 23.6 Å². The molecule has 3 aliphatic rings. The molecule has 3 aliphatic heterocycles. The van der Waals surface area contributed by atoms with Crippen molar-refractivity contribution in [3.8, 4) is 0 Å². The van der Waals surface area contributed by atoms with E-state index in [4.69, 9.17) is 4.52 Å². The summed E-state index contributed by atoms with van der Waals surface area (Å²) in [6, 6.07) is 8.44. The molecule has 0 saturated carbocycles. The maximum Gasteiger partial charge on any atom is 0.319 e. The van der Waals surface area contributed by atoms with Gasteiger partial charge in [-0.25, -0.2) is 9.69 Å². The molecule has 182 valence electrons. The Bertz CT molecular complexity index is 1060. The molecule has 0 radical (unpaired) electrons. The van der Waals surface area contributed by atoms with Crippen LogP contribution in [0.2, 0.25) is 0 Å². The predicted molar refractivity (Wildman–Crippen MR) is 128 cm³/mol. The number of piperidine rings is 2. The van der Waals surface area contributed by atoms with Crippen molar-refractivity contribution in [2.24, 2.45) is 0 Å². The summed E-state index contributed by atoms with van der Waals surface area (Å²) in [5.41, 5.74) is 1.20. The normalized spacial score (nSPS) is 21.7. The van der Waals surface area contributed by atoms with E-state index < -0.39 is 5.41 Å². The highest BCUT2D eigenvalue weighted by Crippen LogP contribution is 2.44. The molecule has 0 N–H and O–H groups in total. The number of carbonyl (C=O) groups excluding carboxylic acids is 2. The third-order valence-electron chi connectivity index (χ3n) is 7.70. The fraction of sp³-hybridized carbons (Fsp3) is 0.600. The largest absolute Gasteiger partial charge is 0.337 e. The van der Waals surface area contributed by atoms with Crippen LogP contribution >= 0.6 is 0 Å². The van der Waals surface area contributed by atoms with E-state index in [2.05, 4.69) is 15.0 Å². The summed E-state index contributed by atoms with van der Waals surface area (Å²) in [6.45, 7) is 7.46. The van der Waals surface area contributed by atoms with E-state index in [1.165, 1.54) is 0 Å². The molecule has 0 spiro atoms. The minimum Gasteiger partial charge on any atom is -0.337 e. The first kappa shape index (κ1) is 22.8. The highest BCUT2D eigenvalue weighted by molar-refractivity contribution is 6.11. The van der Waals surface area contributed by atoms with E-state index in [0.717, 1.165) is 63.1 Å². The second-order valence-corrected chi connectivity index (χ2v) is 10.4. The summed E-state index contributed by atoms with van der Waals surface area (Å²) in [7, 11) is 3.61. The molecule has 1 aromatic heterocycles. The molecule has 9 nitrogen and oxygen atoms in total.